The monoisotopic (exact) mass is 232 g/mol. The number of aryl methyl sites for hydroxylation is 1. The lowest BCUT2D eigenvalue weighted by atomic mass is 10.1. The van der Waals surface area contributed by atoms with Crippen molar-refractivity contribution in [1.82, 2.24) is 4.98 Å². The molecule has 0 unspecified atom stereocenters. The highest BCUT2D eigenvalue weighted by molar-refractivity contribution is 5.90. The van der Waals surface area contributed by atoms with Crippen molar-refractivity contribution in [2.24, 2.45) is 5.73 Å². The highest BCUT2D eigenvalue weighted by Gasteiger charge is 2.12. The Bertz CT molecular complexity index is 553. The van der Waals surface area contributed by atoms with Gasteiger partial charge in [0.2, 0.25) is 0 Å². The third-order valence-electron chi connectivity index (χ3n) is 2.78. The van der Waals surface area contributed by atoms with E-state index in [1.54, 1.807) is 14.2 Å². The van der Waals surface area contributed by atoms with Crippen molar-refractivity contribution in [3.63, 3.8) is 0 Å². The third-order valence-corrected chi connectivity index (χ3v) is 2.78. The molecule has 0 aliphatic carbocycles. The Balaban J connectivity index is 2.86. The zero-order valence-electron chi connectivity index (χ0n) is 10.3. The summed E-state index contributed by atoms with van der Waals surface area (Å²) in [5, 5.41) is 0.931. The first kappa shape index (κ1) is 11.7. The van der Waals surface area contributed by atoms with Crippen LogP contribution in [0.15, 0.2) is 18.2 Å². The molecule has 1 aromatic carbocycles. The third kappa shape index (κ3) is 1.91. The van der Waals surface area contributed by atoms with Crippen molar-refractivity contribution >= 4 is 10.9 Å². The fourth-order valence-corrected chi connectivity index (χ4v) is 2.02. The quantitative estimate of drug-likeness (QED) is 0.879. The Labute approximate surface area is 100 Å². The second kappa shape index (κ2) is 4.59. The molecular formula is C13H16N2O2. The van der Waals surface area contributed by atoms with Gasteiger partial charge in [-0.1, -0.05) is 0 Å². The Morgan fingerprint density at radius 3 is 2.47 bits per heavy atom. The summed E-state index contributed by atoms with van der Waals surface area (Å²) in [4.78, 5) is 4.48. The maximum absolute atomic E-state index is 5.79. The van der Waals surface area contributed by atoms with Gasteiger partial charge in [0, 0.05) is 23.9 Å². The largest absolute Gasteiger partial charge is 0.496 e. The Kier molecular flexibility index (Phi) is 3.15. The predicted octanol–water partition coefficient (Wildman–Crippen LogP) is 2.02. The molecule has 1 aromatic heterocycles. The van der Waals surface area contributed by atoms with Gasteiger partial charge in [-0.25, -0.2) is 0 Å². The van der Waals surface area contributed by atoms with Crippen molar-refractivity contribution in [3.8, 4) is 11.5 Å². The molecule has 1 heterocycles. The normalized spacial score (nSPS) is 10.6. The minimum Gasteiger partial charge on any atom is -0.496 e. The number of methoxy groups -OCH3 is 2. The van der Waals surface area contributed by atoms with Crippen LogP contribution in [0.2, 0.25) is 0 Å². The van der Waals surface area contributed by atoms with E-state index in [9.17, 15) is 0 Å². The molecule has 2 N–H and O–H groups in total. The number of pyridine rings is 1. The van der Waals surface area contributed by atoms with E-state index < -0.39 is 0 Å². The van der Waals surface area contributed by atoms with Gasteiger partial charge >= 0.3 is 0 Å². The van der Waals surface area contributed by atoms with Crippen LogP contribution in [-0.2, 0) is 6.54 Å². The SMILES string of the molecule is COc1ccc2nc(C)cc(OC)c2c1CN. The van der Waals surface area contributed by atoms with Crippen LogP contribution >= 0.6 is 0 Å². The molecule has 0 aliphatic heterocycles. The van der Waals surface area contributed by atoms with Crippen LogP contribution in [0, 0.1) is 6.92 Å². The molecule has 4 nitrogen and oxygen atoms in total. The Morgan fingerprint density at radius 2 is 1.88 bits per heavy atom. The number of fused-ring (bicyclic) bond motifs is 1. The smallest absolute Gasteiger partial charge is 0.130 e. The number of hydrogen-bond acceptors (Lipinski definition) is 4. The van der Waals surface area contributed by atoms with Crippen molar-refractivity contribution < 1.29 is 9.47 Å². The molecule has 4 heteroatoms. The van der Waals surface area contributed by atoms with Gasteiger partial charge in [-0.05, 0) is 19.1 Å². The van der Waals surface area contributed by atoms with E-state index in [4.69, 9.17) is 15.2 Å². The molecule has 0 saturated carbocycles. The van der Waals surface area contributed by atoms with Gasteiger partial charge in [-0.15, -0.1) is 0 Å². The lowest BCUT2D eigenvalue weighted by Crippen LogP contribution is -2.03. The van der Waals surface area contributed by atoms with Crippen LogP contribution in [0.25, 0.3) is 10.9 Å². The summed E-state index contributed by atoms with van der Waals surface area (Å²) in [5.74, 6) is 1.55. The van der Waals surface area contributed by atoms with Crippen molar-refractivity contribution in [1.29, 1.82) is 0 Å². The van der Waals surface area contributed by atoms with Crippen LogP contribution < -0.4 is 15.2 Å². The lowest BCUT2D eigenvalue weighted by molar-refractivity contribution is 0.407. The second-order valence-electron chi connectivity index (χ2n) is 3.81. The fraction of sp³-hybridized carbons (Fsp3) is 0.308. The molecule has 0 spiro atoms. The van der Waals surface area contributed by atoms with E-state index in [0.29, 0.717) is 6.54 Å². The Hall–Kier alpha value is -1.81. The van der Waals surface area contributed by atoms with Gasteiger partial charge in [0.1, 0.15) is 11.5 Å². The summed E-state index contributed by atoms with van der Waals surface area (Å²) >= 11 is 0. The molecule has 0 bridgehead atoms. The molecule has 0 atom stereocenters. The van der Waals surface area contributed by atoms with E-state index >= 15 is 0 Å². The van der Waals surface area contributed by atoms with Crippen molar-refractivity contribution in [2.75, 3.05) is 14.2 Å². The zero-order chi connectivity index (χ0) is 12.4. The van der Waals surface area contributed by atoms with Gasteiger partial charge in [-0.2, -0.15) is 0 Å². The molecule has 0 radical (unpaired) electrons. The summed E-state index contributed by atoms with van der Waals surface area (Å²) in [5.41, 5.74) is 8.51. The summed E-state index contributed by atoms with van der Waals surface area (Å²) in [6.45, 7) is 2.33. The number of rotatable bonds is 3. The second-order valence-corrected chi connectivity index (χ2v) is 3.81. The van der Waals surface area contributed by atoms with Crippen LogP contribution in [0.5, 0.6) is 11.5 Å². The average Bonchev–Trinajstić information content (AvgIpc) is 2.36. The number of ether oxygens (including phenoxy) is 2. The fourth-order valence-electron chi connectivity index (χ4n) is 2.02. The summed E-state index contributed by atoms with van der Waals surface area (Å²) in [7, 11) is 3.28. The summed E-state index contributed by atoms with van der Waals surface area (Å²) in [6, 6.07) is 5.71. The molecule has 17 heavy (non-hydrogen) atoms. The lowest BCUT2D eigenvalue weighted by Gasteiger charge is -2.13. The Morgan fingerprint density at radius 1 is 1.18 bits per heavy atom. The minimum absolute atomic E-state index is 0.390. The average molecular weight is 232 g/mol. The van der Waals surface area contributed by atoms with E-state index in [1.165, 1.54) is 0 Å². The summed E-state index contributed by atoms with van der Waals surface area (Å²) < 4.78 is 10.7. The maximum Gasteiger partial charge on any atom is 0.130 e. The number of aromatic nitrogens is 1. The standard InChI is InChI=1S/C13H16N2O2/c1-8-6-12(17-3)13-9(7-14)11(16-2)5-4-10(13)15-8/h4-6H,7,14H2,1-3H3. The van der Waals surface area contributed by atoms with E-state index in [1.807, 2.05) is 25.1 Å². The molecule has 90 valence electrons. The first-order chi connectivity index (χ1) is 8.21. The van der Waals surface area contributed by atoms with Gasteiger partial charge in [0.05, 0.1) is 25.1 Å². The van der Waals surface area contributed by atoms with Crippen LogP contribution in [0.4, 0.5) is 0 Å². The molecule has 0 fully saturated rings. The zero-order valence-corrected chi connectivity index (χ0v) is 10.3. The van der Waals surface area contributed by atoms with Crippen LogP contribution in [-0.4, -0.2) is 19.2 Å². The first-order valence-electron chi connectivity index (χ1n) is 5.42. The summed E-state index contributed by atoms with van der Waals surface area (Å²) in [6.07, 6.45) is 0. The molecule has 0 aliphatic rings. The first-order valence-corrected chi connectivity index (χ1v) is 5.42. The van der Waals surface area contributed by atoms with Gasteiger partial charge in [0.25, 0.3) is 0 Å². The van der Waals surface area contributed by atoms with Gasteiger partial charge < -0.3 is 15.2 Å². The number of benzene rings is 1. The highest BCUT2D eigenvalue weighted by Crippen LogP contribution is 2.33. The topological polar surface area (TPSA) is 57.4 Å². The molecule has 0 saturated heterocycles. The maximum atomic E-state index is 5.79. The van der Waals surface area contributed by atoms with Crippen molar-refractivity contribution in [2.45, 2.75) is 13.5 Å². The molecule has 0 amide bonds. The van der Waals surface area contributed by atoms with E-state index in [-0.39, 0.29) is 0 Å². The van der Waals surface area contributed by atoms with E-state index in [2.05, 4.69) is 4.98 Å². The molecular weight excluding hydrogens is 216 g/mol. The molecule has 2 rings (SSSR count). The predicted molar refractivity (Wildman–Crippen MR) is 67.5 cm³/mol. The van der Waals surface area contributed by atoms with Gasteiger partial charge in [0.15, 0.2) is 0 Å². The highest BCUT2D eigenvalue weighted by atomic mass is 16.5. The minimum atomic E-state index is 0.390. The number of nitrogens with two attached hydrogens (primary N) is 1. The van der Waals surface area contributed by atoms with Crippen LogP contribution in [0.1, 0.15) is 11.3 Å². The van der Waals surface area contributed by atoms with E-state index in [0.717, 1.165) is 33.7 Å². The number of nitrogens with zero attached hydrogens (tertiary/aromatic N) is 1. The molecule has 2 aromatic rings. The number of hydrogen-bond donors (Lipinski definition) is 1. The van der Waals surface area contributed by atoms with Crippen molar-refractivity contribution in [3.05, 3.63) is 29.5 Å². The van der Waals surface area contributed by atoms with Crippen LogP contribution in [0.3, 0.4) is 0 Å². The van der Waals surface area contributed by atoms with Gasteiger partial charge in [-0.3, -0.25) is 4.98 Å².